The minimum atomic E-state index is -0.509. The molecule has 6 nitrogen and oxygen atoms in total. The maximum absolute atomic E-state index is 11.5. The zero-order chi connectivity index (χ0) is 17.6. The number of nitrogens with zero attached hydrogens (tertiary/aromatic N) is 2. The van der Waals surface area contributed by atoms with Crippen molar-refractivity contribution < 1.29 is 13.9 Å². The molecule has 0 aliphatic carbocycles. The predicted molar refractivity (Wildman–Crippen MR) is 95.9 cm³/mol. The van der Waals surface area contributed by atoms with Crippen molar-refractivity contribution in [2.75, 3.05) is 6.54 Å². The largest absolute Gasteiger partial charge is 0.444 e. The smallest absolute Gasteiger partial charge is 0.407 e. The van der Waals surface area contributed by atoms with Gasteiger partial charge in [0.25, 0.3) is 5.22 Å². The van der Waals surface area contributed by atoms with E-state index in [0.717, 1.165) is 10.2 Å². The fourth-order valence-electron chi connectivity index (χ4n) is 1.71. The Kier molecular flexibility index (Phi) is 6.68. The van der Waals surface area contributed by atoms with Crippen molar-refractivity contribution in [2.24, 2.45) is 0 Å². The van der Waals surface area contributed by atoms with Crippen LogP contribution in [0.4, 0.5) is 4.79 Å². The zero-order valence-electron chi connectivity index (χ0n) is 13.8. The first kappa shape index (κ1) is 18.8. The average Bonchev–Trinajstić information content (AvgIpc) is 2.93. The second kappa shape index (κ2) is 8.53. The van der Waals surface area contributed by atoms with E-state index in [0.29, 0.717) is 24.1 Å². The molecule has 0 fully saturated rings. The Morgan fingerprint density at radius 3 is 2.67 bits per heavy atom. The van der Waals surface area contributed by atoms with E-state index in [1.165, 1.54) is 17.3 Å². The lowest BCUT2D eigenvalue weighted by molar-refractivity contribution is 0.0528. The van der Waals surface area contributed by atoms with Gasteiger partial charge < -0.3 is 14.5 Å². The lowest BCUT2D eigenvalue weighted by Gasteiger charge is -2.19. The number of benzene rings is 1. The molecule has 0 saturated carbocycles. The van der Waals surface area contributed by atoms with E-state index in [1.807, 2.05) is 45.0 Å². The fraction of sp³-hybridized carbons (Fsp3) is 0.438. The van der Waals surface area contributed by atoms with Crippen LogP contribution in [0.2, 0.25) is 0 Å². The number of rotatable bonds is 6. The van der Waals surface area contributed by atoms with Crippen LogP contribution in [0.3, 0.4) is 0 Å². The number of hydrogen-bond acceptors (Lipinski definition) is 6. The highest BCUT2D eigenvalue weighted by Gasteiger charge is 2.16. The van der Waals surface area contributed by atoms with E-state index in [4.69, 9.17) is 9.15 Å². The predicted octanol–water partition coefficient (Wildman–Crippen LogP) is 4.19. The van der Waals surface area contributed by atoms with Crippen molar-refractivity contribution in [3.05, 3.63) is 40.2 Å². The number of halogens is 1. The summed E-state index contributed by atoms with van der Waals surface area (Å²) in [5, 5.41) is 11.2. The Bertz CT molecular complexity index is 668. The Morgan fingerprint density at radius 2 is 2.00 bits per heavy atom. The Labute approximate surface area is 153 Å². The molecule has 2 rings (SSSR count). The van der Waals surface area contributed by atoms with E-state index in [9.17, 15) is 4.79 Å². The number of carbonyl (C=O) groups is 1. The van der Waals surface area contributed by atoms with E-state index >= 15 is 0 Å². The first-order valence-corrected chi connectivity index (χ1v) is 9.26. The minimum absolute atomic E-state index is 0.383. The van der Waals surface area contributed by atoms with E-state index in [-0.39, 0.29) is 0 Å². The molecule has 0 bridgehead atoms. The van der Waals surface area contributed by atoms with E-state index < -0.39 is 11.7 Å². The Hall–Kier alpha value is -1.54. The molecule has 1 aromatic heterocycles. The van der Waals surface area contributed by atoms with Crippen LogP contribution >= 0.6 is 27.7 Å². The number of thioether (sulfide) groups is 1. The van der Waals surface area contributed by atoms with Gasteiger partial charge in [-0.25, -0.2) is 4.79 Å². The van der Waals surface area contributed by atoms with Gasteiger partial charge in [-0.15, -0.1) is 10.2 Å². The van der Waals surface area contributed by atoms with Gasteiger partial charge in [0.15, 0.2) is 0 Å². The molecule has 2 aromatic rings. The van der Waals surface area contributed by atoms with Crippen molar-refractivity contribution in [1.82, 2.24) is 15.5 Å². The molecule has 0 aliphatic heterocycles. The number of ether oxygens (including phenoxy) is 1. The summed E-state index contributed by atoms with van der Waals surface area (Å²) in [5.41, 5.74) is 0.667. The van der Waals surface area contributed by atoms with Crippen LogP contribution in [0.15, 0.2) is 38.4 Å². The summed E-state index contributed by atoms with van der Waals surface area (Å²) >= 11 is 4.89. The van der Waals surface area contributed by atoms with Crippen molar-refractivity contribution in [2.45, 2.75) is 43.8 Å². The van der Waals surface area contributed by atoms with Crippen LogP contribution < -0.4 is 5.32 Å². The maximum Gasteiger partial charge on any atom is 0.407 e. The third kappa shape index (κ3) is 6.92. The van der Waals surface area contributed by atoms with Crippen LogP contribution in [0.1, 0.15) is 32.2 Å². The quantitative estimate of drug-likeness (QED) is 0.715. The topological polar surface area (TPSA) is 77.2 Å². The molecule has 0 radical (unpaired) electrons. The molecular weight excluding hydrogens is 394 g/mol. The Morgan fingerprint density at radius 1 is 1.29 bits per heavy atom. The molecule has 1 amide bonds. The highest BCUT2D eigenvalue weighted by atomic mass is 79.9. The van der Waals surface area contributed by atoms with Crippen molar-refractivity contribution in [3.8, 4) is 0 Å². The lowest BCUT2D eigenvalue weighted by atomic mass is 10.2. The van der Waals surface area contributed by atoms with Crippen molar-refractivity contribution in [1.29, 1.82) is 0 Å². The summed E-state index contributed by atoms with van der Waals surface area (Å²) < 4.78 is 11.8. The SMILES string of the molecule is CC(C)(C)OC(=O)NCCc1nnc(SCc2ccc(Br)cc2)o1. The second-order valence-corrected chi connectivity index (χ2v) is 7.90. The summed E-state index contributed by atoms with van der Waals surface area (Å²) in [4.78, 5) is 11.5. The number of alkyl carbamates (subject to hydrolysis) is 1. The molecule has 0 spiro atoms. The highest BCUT2D eigenvalue weighted by Crippen LogP contribution is 2.22. The van der Waals surface area contributed by atoms with Crippen LogP contribution in [-0.4, -0.2) is 28.4 Å². The van der Waals surface area contributed by atoms with E-state index in [2.05, 4.69) is 31.4 Å². The minimum Gasteiger partial charge on any atom is -0.444 e. The monoisotopic (exact) mass is 413 g/mol. The van der Waals surface area contributed by atoms with Crippen molar-refractivity contribution in [3.63, 3.8) is 0 Å². The average molecular weight is 414 g/mol. The molecule has 0 aliphatic rings. The third-order valence-corrected chi connectivity index (χ3v) is 4.15. The summed E-state index contributed by atoms with van der Waals surface area (Å²) in [6.07, 6.45) is 0.0114. The van der Waals surface area contributed by atoms with Gasteiger partial charge in [0.05, 0.1) is 0 Å². The van der Waals surface area contributed by atoms with Gasteiger partial charge >= 0.3 is 6.09 Å². The van der Waals surface area contributed by atoms with Gasteiger partial charge in [0.1, 0.15) is 5.60 Å². The molecular formula is C16H20BrN3O3S. The summed E-state index contributed by atoms with van der Waals surface area (Å²) in [5.74, 6) is 1.25. The van der Waals surface area contributed by atoms with Crippen LogP contribution in [0.25, 0.3) is 0 Å². The molecule has 0 saturated heterocycles. The van der Waals surface area contributed by atoms with Gasteiger partial charge in [0.2, 0.25) is 5.89 Å². The van der Waals surface area contributed by atoms with Gasteiger partial charge in [-0.2, -0.15) is 0 Å². The third-order valence-electron chi connectivity index (χ3n) is 2.73. The molecule has 130 valence electrons. The van der Waals surface area contributed by atoms with Gasteiger partial charge in [-0.3, -0.25) is 0 Å². The summed E-state index contributed by atoms with van der Waals surface area (Å²) in [7, 11) is 0. The number of nitrogens with one attached hydrogen (secondary N) is 1. The van der Waals surface area contributed by atoms with Crippen LogP contribution in [0.5, 0.6) is 0 Å². The second-order valence-electron chi connectivity index (χ2n) is 6.06. The van der Waals surface area contributed by atoms with Crippen molar-refractivity contribution >= 4 is 33.8 Å². The van der Waals surface area contributed by atoms with E-state index in [1.54, 1.807) is 0 Å². The molecule has 1 heterocycles. The van der Waals surface area contributed by atoms with Gasteiger partial charge in [0, 0.05) is 23.2 Å². The lowest BCUT2D eigenvalue weighted by Crippen LogP contribution is -2.33. The van der Waals surface area contributed by atoms with Crippen LogP contribution in [0, 0.1) is 0 Å². The number of carbonyl (C=O) groups excluding carboxylic acids is 1. The molecule has 8 heteroatoms. The first-order valence-electron chi connectivity index (χ1n) is 7.48. The number of amides is 1. The number of hydrogen-bond donors (Lipinski definition) is 1. The fourth-order valence-corrected chi connectivity index (χ4v) is 2.71. The maximum atomic E-state index is 11.5. The first-order chi connectivity index (χ1) is 11.3. The summed E-state index contributed by atoms with van der Waals surface area (Å²) in [6.45, 7) is 5.84. The molecule has 24 heavy (non-hydrogen) atoms. The molecule has 0 atom stereocenters. The molecule has 1 N–H and O–H groups in total. The Balaban J connectivity index is 1.73. The zero-order valence-corrected chi connectivity index (χ0v) is 16.2. The van der Waals surface area contributed by atoms with Gasteiger partial charge in [-0.1, -0.05) is 39.8 Å². The highest BCUT2D eigenvalue weighted by molar-refractivity contribution is 9.10. The van der Waals surface area contributed by atoms with Crippen LogP contribution in [-0.2, 0) is 16.9 Å². The number of aromatic nitrogens is 2. The standard InChI is InChI=1S/C16H20BrN3O3S/c1-16(2,3)23-14(21)18-9-8-13-19-20-15(22-13)24-10-11-4-6-12(17)7-5-11/h4-7H,8-10H2,1-3H3,(H,18,21). The van der Waals surface area contributed by atoms with Gasteiger partial charge in [-0.05, 0) is 38.5 Å². The normalized spacial score (nSPS) is 11.3. The molecule has 0 unspecified atom stereocenters. The summed E-state index contributed by atoms with van der Waals surface area (Å²) in [6, 6.07) is 8.08. The molecule has 1 aromatic carbocycles.